The molecule has 2 unspecified atom stereocenters. The van der Waals surface area contributed by atoms with Gasteiger partial charge >= 0.3 is 6.03 Å². The topological polar surface area (TPSA) is 41.6 Å². The van der Waals surface area contributed by atoms with Crippen molar-refractivity contribution in [1.82, 2.24) is 4.90 Å². The Labute approximate surface area is 147 Å². The third-order valence-electron chi connectivity index (χ3n) is 4.22. The first-order chi connectivity index (χ1) is 11.5. The minimum atomic E-state index is -0.134. The molecule has 5 heteroatoms. The van der Waals surface area contributed by atoms with Crippen LogP contribution in [0.4, 0.5) is 10.5 Å². The lowest BCUT2D eigenvalue weighted by Crippen LogP contribution is -2.49. The second-order valence-electron chi connectivity index (χ2n) is 6.17. The van der Waals surface area contributed by atoms with Crippen molar-refractivity contribution in [1.29, 1.82) is 0 Å². The molecule has 2 atom stereocenters. The van der Waals surface area contributed by atoms with Crippen molar-refractivity contribution in [3.8, 4) is 0 Å². The van der Waals surface area contributed by atoms with Gasteiger partial charge in [0.15, 0.2) is 0 Å². The van der Waals surface area contributed by atoms with Crippen molar-refractivity contribution in [3.63, 3.8) is 0 Å². The number of urea groups is 1. The molecule has 0 aliphatic carbocycles. The van der Waals surface area contributed by atoms with E-state index in [2.05, 4.69) is 36.5 Å². The molecule has 126 valence electrons. The van der Waals surface area contributed by atoms with E-state index in [1.54, 1.807) is 12.1 Å². The number of benzene rings is 2. The summed E-state index contributed by atoms with van der Waals surface area (Å²) < 4.78 is 5.92. The maximum Gasteiger partial charge on any atom is 0.322 e. The van der Waals surface area contributed by atoms with E-state index in [-0.39, 0.29) is 18.2 Å². The van der Waals surface area contributed by atoms with Gasteiger partial charge in [0.2, 0.25) is 0 Å². The SMILES string of the molecule is Cc1ccc(C2CN(C(=O)Nc3cccc(Cl)c3)C(C)CO2)cc1. The summed E-state index contributed by atoms with van der Waals surface area (Å²) in [5.74, 6) is 0. The molecule has 2 aromatic rings. The van der Waals surface area contributed by atoms with Gasteiger partial charge in [-0.2, -0.15) is 0 Å². The monoisotopic (exact) mass is 344 g/mol. The maximum absolute atomic E-state index is 12.6. The van der Waals surface area contributed by atoms with Crippen LogP contribution < -0.4 is 5.32 Å². The van der Waals surface area contributed by atoms with Crippen LogP contribution in [0.15, 0.2) is 48.5 Å². The molecule has 1 aliphatic rings. The van der Waals surface area contributed by atoms with Gasteiger partial charge in [0.05, 0.1) is 19.2 Å². The standard InChI is InChI=1S/C19H21ClN2O2/c1-13-6-8-15(9-7-13)18-11-22(14(2)12-24-18)19(23)21-17-5-3-4-16(20)10-17/h3-10,14,18H,11-12H2,1-2H3,(H,21,23). The molecular formula is C19H21ClN2O2. The lowest BCUT2D eigenvalue weighted by atomic mass is 10.0. The first-order valence-electron chi connectivity index (χ1n) is 8.04. The van der Waals surface area contributed by atoms with Gasteiger partial charge in [-0.1, -0.05) is 47.5 Å². The number of aryl methyl sites for hydroxylation is 1. The minimum absolute atomic E-state index is 0.0193. The van der Waals surface area contributed by atoms with Gasteiger partial charge in [-0.25, -0.2) is 4.79 Å². The quantitative estimate of drug-likeness (QED) is 0.862. The smallest absolute Gasteiger partial charge is 0.322 e. The van der Waals surface area contributed by atoms with E-state index in [1.165, 1.54) is 5.56 Å². The number of morpholine rings is 1. The molecule has 2 aromatic carbocycles. The summed E-state index contributed by atoms with van der Waals surface area (Å²) in [6.45, 7) is 5.08. The molecule has 4 nitrogen and oxygen atoms in total. The van der Waals surface area contributed by atoms with E-state index >= 15 is 0 Å². The number of halogens is 1. The van der Waals surface area contributed by atoms with Crippen molar-refractivity contribution in [2.24, 2.45) is 0 Å². The predicted octanol–water partition coefficient (Wildman–Crippen LogP) is 4.64. The van der Waals surface area contributed by atoms with Crippen molar-refractivity contribution < 1.29 is 9.53 Å². The first kappa shape index (κ1) is 16.8. The van der Waals surface area contributed by atoms with Crippen LogP contribution in [-0.4, -0.2) is 30.1 Å². The molecule has 0 radical (unpaired) electrons. The van der Waals surface area contributed by atoms with Crippen LogP contribution in [0.25, 0.3) is 0 Å². The van der Waals surface area contributed by atoms with E-state index in [9.17, 15) is 4.79 Å². The number of hydrogen-bond acceptors (Lipinski definition) is 2. The van der Waals surface area contributed by atoms with Gasteiger partial charge in [0, 0.05) is 10.7 Å². The zero-order chi connectivity index (χ0) is 17.1. The zero-order valence-electron chi connectivity index (χ0n) is 13.8. The second kappa shape index (κ2) is 7.24. The van der Waals surface area contributed by atoms with Crippen molar-refractivity contribution in [2.75, 3.05) is 18.5 Å². The number of carbonyl (C=O) groups excluding carboxylic acids is 1. The van der Waals surface area contributed by atoms with Gasteiger partial charge < -0.3 is 15.0 Å². The van der Waals surface area contributed by atoms with Gasteiger partial charge in [0.1, 0.15) is 6.10 Å². The van der Waals surface area contributed by atoms with Gasteiger partial charge in [-0.05, 0) is 37.6 Å². The number of rotatable bonds is 2. The minimum Gasteiger partial charge on any atom is -0.370 e. The predicted molar refractivity (Wildman–Crippen MR) is 96.5 cm³/mol. The molecule has 1 heterocycles. The molecule has 0 spiro atoms. The fourth-order valence-electron chi connectivity index (χ4n) is 2.78. The van der Waals surface area contributed by atoms with Gasteiger partial charge in [-0.15, -0.1) is 0 Å². The summed E-state index contributed by atoms with van der Waals surface area (Å²) in [6.07, 6.45) is -0.105. The van der Waals surface area contributed by atoms with Crippen LogP contribution in [0.3, 0.4) is 0 Å². The normalized spacial score (nSPS) is 20.7. The largest absolute Gasteiger partial charge is 0.370 e. The molecule has 24 heavy (non-hydrogen) atoms. The molecule has 0 saturated carbocycles. The van der Waals surface area contributed by atoms with Crippen LogP contribution in [0, 0.1) is 6.92 Å². The fourth-order valence-corrected chi connectivity index (χ4v) is 2.97. The molecule has 0 aromatic heterocycles. The van der Waals surface area contributed by atoms with Crippen molar-refractivity contribution >= 4 is 23.3 Å². The Morgan fingerprint density at radius 2 is 2.00 bits per heavy atom. The Morgan fingerprint density at radius 1 is 1.25 bits per heavy atom. The summed E-state index contributed by atoms with van der Waals surface area (Å²) in [5.41, 5.74) is 2.99. The second-order valence-corrected chi connectivity index (χ2v) is 6.61. The lowest BCUT2D eigenvalue weighted by molar-refractivity contribution is -0.0407. The van der Waals surface area contributed by atoms with Crippen LogP contribution in [0.5, 0.6) is 0 Å². The van der Waals surface area contributed by atoms with Crippen LogP contribution in [0.2, 0.25) is 5.02 Å². The number of hydrogen-bond donors (Lipinski definition) is 1. The summed E-state index contributed by atoms with van der Waals surface area (Å²) in [6, 6.07) is 15.3. The highest BCUT2D eigenvalue weighted by Crippen LogP contribution is 2.26. The third kappa shape index (κ3) is 3.89. The Morgan fingerprint density at radius 3 is 2.71 bits per heavy atom. The van der Waals surface area contributed by atoms with E-state index in [1.807, 2.05) is 24.0 Å². The number of nitrogens with one attached hydrogen (secondary N) is 1. The maximum atomic E-state index is 12.6. The lowest BCUT2D eigenvalue weighted by Gasteiger charge is -2.38. The number of anilines is 1. The molecule has 1 aliphatic heterocycles. The van der Waals surface area contributed by atoms with Crippen LogP contribution >= 0.6 is 11.6 Å². The van der Waals surface area contributed by atoms with E-state index < -0.39 is 0 Å². The summed E-state index contributed by atoms with van der Waals surface area (Å²) >= 11 is 5.97. The van der Waals surface area contributed by atoms with Gasteiger partial charge in [0.25, 0.3) is 0 Å². The van der Waals surface area contributed by atoms with E-state index in [0.717, 1.165) is 5.56 Å². The number of ether oxygens (including phenoxy) is 1. The molecule has 1 fully saturated rings. The Bertz CT molecular complexity index is 718. The highest BCUT2D eigenvalue weighted by Gasteiger charge is 2.30. The van der Waals surface area contributed by atoms with Crippen LogP contribution in [0.1, 0.15) is 24.2 Å². The Hall–Kier alpha value is -2.04. The number of nitrogens with zero attached hydrogens (tertiary/aromatic N) is 1. The third-order valence-corrected chi connectivity index (χ3v) is 4.45. The Kier molecular flexibility index (Phi) is 5.07. The van der Waals surface area contributed by atoms with Gasteiger partial charge in [-0.3, -0.25) is 0 Å². The fraction of sp³-hybridized carbons (Fsp3) is 0.316. The molecule has 0 bridgehead atoms. The molecule has 1 N–H and O–H groups in total. The summed E-state index contributed by atoms with van der Waals surface area (Å²) in [5, 5.41) is 3.51. The van der Waals surface area contributed by atoms with E-state index in [0.29, 0.717) is 23.9 Å². The molecule has 2 amide bonds. The average Bonchev–Trinajstić information content (AvgIpc) is 2.56. The van der Waals surface area contributed by atoms with Crippen molar-refractivity contribution in [2.45, 2.75) is 26.0 Å². The molecular weight excluding hydrogens is 324 g/mol. The Balaban J connectivity index is 1.71. The zero-order valence-corrected chi connectivity index (χ0v) is 14.6. The van der Waals surface area contributed by atoms with Crippen molar-refractivity contribution in [3.05, 3.63) is 64.7 Å². The molecule has 3 rings (SSSR count). The first-order valence-corrected chi connectivity index (χ1v) is 8.42. The molecule has 1 saturated heterocycles. The summed E-state index contributed by atoms with van der Waals surface area (Å²) in [7, 11) is 0. The van der Waals surface area contributed by atoms with E-state index in [4.69, 9.17) is 16.3 Å². The number of carbonyl (C=O) groups is 1. The highest BCUT2D eigenvalue weighted by molar-refractivity contribution is 6.30. The average molecular weight is 345 g/mol. The highest BCUT2D eigenvalue weighted by atomic mass is 35.5. The summed E-state index contributed by atoms with van der Waals surface area (Å²) in [4.78, 5) is 14.5. The number of amides is 2. The van der Waals surface area contributed by atoms with Crippen LogP contribution in [-0.2, 0) is 4.74 Å².